The van der Waals surface area contributed by atoms with Crippen LogP contribution in [-0.2, 0) is 23.7 Å². The number of benzene rings is 9. The van der Waals surface area contributed by atoms with Crippen LogP contribution in [0.2, 0.25) is 0 Å². The summed E-state index contributed by atoms with van der Waals surface area (Å²) < 4.78 is 7.46. The molecule has 81 heavy (non-hydrogen) atoms. The minimum Gasteiger partial charge on any atom is -0.455 e. The molecule has 396 valence electrons. The first-order valence-electron chi connectivity index (χ1n) is 28.4. The first kappa shape index (κ1) is 51.1. The van der Waals surface area contributed by atoms with Gasteiger partial charge in [0.1, 0.15) is 22.8 Å². The van der Waals surface area contributed by atoms with Crippen LogP contribution < -0.4 is 9.80 Å². The molecule has 0 radical (unpaired) electrons. The van der Waals surface area contributed by atoms with Crippen LogP contribution >= 0.6 is 0 Å². The number of aromatic nitrogens is 2. The van der Waals surface area contributed by atoms with Crippen molar-refractivity contribution in [1.82, 2.24) is 9.97 Å². The van der Waals surface area contributed by atoms with E-state index in [1.807, 2.05) is 12.4 Å². The van der Waals surface area contributed by atoms with Crippen LogP contribution in [0.5, 0.6) is 0 Å². The Morgan fingerprint density at radius 3 is 1.42 bits per heavy atom. The van der Waals surface area contributed by atoms with Crippen molar-refractivity contribution >= 4 is 56.3 Å². The predicted octanol–water partition coefficient (Wildman–Crippen LogP) is 20.7. The Labute approximate surface area is 476 Å². The summed E-state index contributed by atoms with van der Waals surface area (Å²) >= 11 is 0. The summed E-state index contributed by atoms with van der Waals surface area (Å²) in [5.74, 6) is 1.71. The molecule has 0 aliphatic heterocycles. The molecule has 0 amide bonds. The molecule has 9 aromatic carbocycles. The molecule has 3 heterocycles. The van der Waals surface area contributed by atoms with E-state index in [0.29, 0.717) is 12.8 Å². The lowest BCUT2D eigenvalue weighted by Crippen LogP contribution is -2.16. The number of para-hydroxylation sites is 1. The highest BCUT2D eigenvalue weighted by Gasteiger charge is 2.31. The number of nitrogens with zero attached hydrogens (tertiary/aromatic N) is 4. The van der Waals surface area contributed by atoms with Crippen molar-refractivity contribution in [3.8, 4) is 44.5 Å². The van der Waals surface area contributed by atoms with Crippen LogP contribution in [0.3, 0.4) is 0 Å². The van der Waals surface area contributed by atoms with Crippen molar-refractivity contribution in [3.63, 3.8) is 0 Å². The van der Waals surface area contributed by atoms with Gasteiger partial charge in [0.2, 0.25) is 0 Å². The average molecular weight is 1050 g/mol. The fourth-order valence-electron chi connectivity index (χ4n) is 12.1. The van der Waals surface area contributed by atoms with Crippen LogP contribution in [0.1, 0.15) is 86.1 Å². The summed E-state index contributed by atoms with van der Waals surface area (Å²) in [5, 5.41) is 2.07. The van der Waals surface area contributed by atoms with Gasteiger partial charge in [0.15, 0.2) is 0 Å². The summed E-state index contributed by atoms with van der Waals surface area (Å²) in [5.41, 5.74) is 24.2. The Kier molecular flexibility index (Phi) is 12.9. The lowest BCUT2D eigenvalue weighted by atomic mass is 9.82. The maximum atomic E-state index is 7.46. The van der Waals surface area contributed by atoms with E-state index in [2.05, 4.69) is 284 Å². The molecule has 0 atom stereocenters. The van der Waals surface area contributed by atoms with E-state index in [9.17, 15) is 0 Å². The van der Waals surface area contributed by atoms with E-state index >= 15 is 0 Å². The highest BCUT2D eigenvalue weighted by molar-refractivity contribution is 6.18. The number of hydrogen-bond donors (Lipinski definition) is 0. The smallest absolute Gasteiger partial charge is 0.145 e. The quantitative estimate of drug-likeness (QED) is 0.152. The molecule has 12 aromatic rings. The number of fused-ring (bicyclic) bond motifs is 10. The van der Waals surface area contributed by atoms with E-state index in [-0.39, 0.29) is 10.8 Å². The molecular formula is C76H66N4O. The third-order valence-electron chi connectivity index (χ3n) is 16.2. The topological polar surface area (TPSA) is 45.4 Å². The molecule has 0 saturated heterocycles. The summed E-state index contributed by atoms with van der Waals surface area (Å²) in [6, 6.07) is 80.1. The summed E-state index contributed by atoms with van der Waals surface area (Å²) in [6.07, 6.45) is 5.31. The zero-order chi connectivity index (χ0) is 55.6. The third kappa shape index (κ3) is 9.57. The second-order valence-electron chi connectivity index (χ2n) is 24.0. The van der Waals surface area contributed by atoms with Crippen molar-refractivity contribution in [2.75, 3.05) is 9.80 Å². The highest BCUT2D eigenvalue weighted by Crippen LogP contribution is 2.52. The SMILES string of the molecule is Cc1cnc(N(c2ccc(C(C)(C)C)cc2)c2ccc3c(c2)Cc2ccccc2-c2ccccc2Cc2cc(N(c4ccc(C(C)(C)C)cc4)c4ncc(C)cc4-c4ccccc4)c4c(oc5ccccc54)c2-3)c(-c2ccccc2)c1. The molecule has 0 bridgehead atoms. The lowest BCUT2D eigenvalue weighted by Gasteiger charge is -2.31. The predicted molar refractivity (Wildman–Crippen MR) is 339 cm³/mol. The fraction of sp³-hybridized carbons (Fsp3) is 0.158. The number of aryl methyl sites for hydroxylation is 2. The van der Waals surface area contributed by atoms with Gasteiger partial charge in [0.25, 0.3) is 0 Å². The molecule has 5 nitrogen and oxygen atoms in total. The van der Waals surface area contributed by atoms with Gasteiger partial charge in [0, 0.05) is 51.5 Å². The minimum absolute atomic E-state index is 0.0174. The summed E-state index contributed by atoms with van der Waals surface area (Å²) in [7, 11) is 0. The standard InChI is InChI=1S/C76H66N4O/c1-49-41-66(51-21-11-9-12-22-51)73(77-47-49)79(59-35-31-57(32-36-59)75(3,4)5)61-39-40-64-55(45-61)43-53-25-15-17-27-62(53)63-28-18-16-26-54(63)44-56-46-68(71-65-29-19-20-30-69(65)81-72(71)70(56)64)80(60-37-33-58(34-38-60)76(6,7)8)74-67(42-50(2)48-78-74)52-23-13-10-14-24-52/h9-42,45-48H,43-44H2,1-8H3. The monoisotopic (exact) mass is 1050 g/mol. The molecule has 0 unspecified atom stereocenters. The van der Waals surface area contributed by atoms with Crippen molar-refractivity contribution in [3.05, 3.63) is 275 Å². The number of hydrogen-bond acceptors (Lipinski definition) is 5. The van der Waals surface area contributed by atoms with Crippen LogP contribution in [0.15, 0.2) is 235 Å². The first-order valence-corrected chi connectivity index (χ1v) is 28.4. The zero-order valence-corrected chi connectivity index (χ0v) is 47.6. The maximum absolute atomic E-state index is 7.46. The molecule has 1 aliphatic rings. The van der Waals surface area contributed by atoms with E-state index in [0.717, 1.165) is 106 Å². The Morgan fingerprint density at radius 1 is 0.395 bits per heavy atom. The van der Waals surface area contributed by atoms with Gasteiger partial charge in [-0.05, 0) is 171 Å². The summed E-state index contributed by atoms with van der Waals surface area (Å²) in [6.45, 7) is 17.9. The number of pyridine rings is 2. The van der Waals surface area contributed by atoms with Gasteiger partial charge in [-0.3, -0.25) is 9.80 Å². The van der Waals surface area contributed by atoms with Crippen molar-refractivity contribution < 1.29 is 4.42 Å². The minimum atomic E-state index is -0.0392. The Hall–Kier alpha value is -9.32. The Bertz CT molecular complexity index is 4310. The normalized spacial score (nSPS) is 12.3. The molecule has 0 fully saturated rings. The first-order chi connectivity index (χ1) is 39.2. The van der Waals surface area contributed by atoms with Gasteiger partial charge < -0.3 is 4.42 Å². The Morgan fingerprint density at radius 2 is 0.864 bits per heavy atom. The Balaban J connectivity index is 1.12. The number of anilines is 6. The molecule has 5 heteroatoms. The van der Waals surface area contributed by atoms with Crippen LogP contribution in [-0.4, -0.2) is 9.97 Å². The van der Waals surface area contributed by atoms with Crippen LogP contribution in [0, 0.1) is 13.8 Å². The maximum Gasteiger partial charge on any atom is 0.145 e. The van der Waals surface area contributed by atoms with Gasteiger partial charge in [-0.15, -0.1) is 0 Å². The average Bonchev–Trinajstić information content (AvgIpc) is 4.15. The second kappa shape index (κ2) is 20.4. The molecule has 0 saturated carbocycles. The third-order valence-corrected chi connectivity index (χ3v) is 16.2. The van der Waals surface area contributed by atoms with E-state index in [1.54, 1.807) is 0 Å². The van der Waals surface area contributed by atoms with Crippen molar-refractivity contribution in [1.29, 1.82) is 0 Å². The summed E-state index contributed by atoms with van der Waals surface area (Å²) in [4.78, 5) is 15.5. The van der Waals surface area contributed by atoms with Gasteiger partial charge in [-0.1, -0.05) is 199 Å². The van der Waals surface area contributed by atoms with Gasteiger partial charge >= 0.3 is 0 Å². The molecule has 13 rings (SSSR count). The van der Waals surface area contributed by atoms with E-state index in [1.165, 1.54) is 38.9 Å². The molecule has 3 aromatic heterocycles. The molecular weight excluding hydrogens is 985 g/mol. The van der Waals surface area contributed by atoms with E-state index < -0.39 is 0 Å². The number of furan rings is 1. The van der Waals surface area contributed by atoms with Crippen molar-refractivity contribution in [2.45, 2.75) is 79.1 Å². The van der Waals surface area contributed by atoms with Crippen molar-refractivity contribution in [2.24, 2.45) is 0 Å². The van der Waals surface area contributed by atoms with Crippen LogP contribution in [0.4, 0.5) is 34.4 Å². The van der Waals surface area contributed by atoms with Gasteiger partial charge in [-0.25, -0.2) is 9.97 Å². The highest BCUT2D eigenvalue weighted by atomic mass is 16.3. The van der Waals surface area contributed by atoms with E-state index in [4.69, 9.17) is 14.4 Å². The molecule has 0 spiro atoms. The zero-order valence-electron chi connectivity index (χ0n) is 47.6. The largest absolute Gasteiger partial charge is 0.455 e. The fourth-order valence-corrected chi connectivity index (χ4v) is 12.1. The molecule has 0 N–H and O–H groups in total. The number of rotatable bonds is 8. The molecule has 1 aliphatic carbocycles. The van der Waals surface area contributed by atoms with Gasteiger partial charge in [0.05, 0.1) is 11.1 Å². The van der Waals surface area contributed by atoms with Crippen LogP contribution in [0.25, 0.3) is 66.4 Å². The van der Waals surface area contributed by atoms with Gasteiger partial charge in [-0.2, -0.15) is 0 Å². The second-order valence-corrected chi connectivity index (χ2v) is 24.0. The lowest BCUT2D eigenvalue weighted by molar-refractivity contribution is 0.590.